The van der Waals surface area contributed by atoms with E-state index in [-0.39, 0.29) is 4.99 Å². The Bertz CT molecular complexity index is 435. The molecule has 0 aromatic rings. The van der Waals surface area contributed by atoms with Crippen LogP contribution in [0.1, 0.15) is 27.2 Å². The molecule has 1 aliphatic rings. The number of esters is 2. The van der Waals surface area contributed by atoms with Crippen LogP contribution in [0.2, 0.25) is 0 Å². The average molecular weight is 284 g/mol. The van der Waals surface area contributed by atoms with Crippen molar-refractivity contribution in [3.05, 3.63) is 0 Å². The molecule has 2 N–H and O–H groups in total. The molecule has 2 atom stereocenters. The highest BCUT2D eigenvalue weighted by Crippen LogP contribution is 2.33. The van der Waals surface area contributed by atoms with E-state index in [9.17, 15) is 9.59 Å². The largest absolute Gasteiger partial charge is 0.422 e. The summed E-state index contributed by atoms with van der Waals surface area (Å²) in [4.78, 5) is 23.9. The lowest BCUT2D eigenvalue weighted by Gasteiger charge is -2.36. The molecule has 19 heavy (non-hydrogen) atoms. The van der Waals surface area contributed by atoms with Crippen LogP contribution in [0.15, 0.2) is 0 Å². The molecule has 1 rings (SSSR count). The first-order valence-electron chi connectivity index (χ1n) is 5.88. The van der Waals surface area contributed by atoms with E-state index in [2.05, 4.69) is 0 Å². The molecule has 0 saturated carbocycles. The van der Waals surface area contributed by atoms with Crippen LogP contribution in [0, 0.1) is 29.1 Å². The third-order valence-electron chi connectivity index (χ3n) is 2.97. The van der Waals surface area contributed by atoms with E-state index in [1.165, 1.54) is 13.8 Å². The van der Waals surface area contributed by atoms with Gasteiger partial charge in [0.2, 0.25) is 0 Å². The molecule has 0 aromatic carbocycles. The van der Waals surface area contributed by atoms with Crippen molar-refractivity contribution in [2.45, 2.75) is 33.0 Å². The van der Waals surface area contributed by atoms with E-state index in [4.69, 9.17) is 32.7 Å². The molecule has 0 radical (unpaired) electrons. The Hall–Kier alpha value is -1.68. The van der Waals surface area contributed by atoms with E-state index in [0.29, 0.717) is 6.42 Å². The maximum atomic E-state index is 11.9. The predicted molar refractivity (Wildman–Crippen MR) is 69.4 cm³/mol. The minimum atomic E-state index is -1.28. The topological polar surface area (TPSA) is 102 Å². The molecule has 6 nitrogen and oxygen atoms in total. The smallest absolute Gasteiger partial charge is 0.323 e. The van der Waals surface area contributed by atoms with E-state index in [1.807, 2.05) is 6.07 Å². The Labute approximate surface area is 116 Å². The number of cyclic esters (lactones) is 2. The molecule has 0 amide bonds. The van der Waals surface area contributed by atoms with Crippen molar-refractivity contribution in [3.63, 3.8) is 0 Å². The van der Waals surface area contributed by atoms with Gasteiger partial charge in [-0.15, -0.1) is 0 Å². The lowest BCUT2D eigenvalue weighted by Crippen LogP contribution is -2.50. The van der Waals surface area contributed by atoms with Gasteiger partial charge in [0, 0.05) is 19.8 Å². The molecule has 1 saturated heterocycles. The Morgan fingerprint density at radius 1 is 1.47 bits per heavy atom. The molecule has 1 aliphatic heterocycles. The molecule has 1 fully saturated rings. The third-order valence-corrected chi connectivity index (χ3v) is 3.23. The summed E-state index contributed by atoms with van der Waals surface area (Å²) in [6, 6.07) is 1.93. The van der Waals surface area contributed by atoms with Crippen LogP contribution in [0.25, 0.3) is 0 Å². The van der Waals surface area contributed by atoms with Crippen molar-refractivity contribution in [1.82, 2.24) is 0 Å². The zero-order chi connectivity index (χ0) is 14.8. The SMILES string of the molecule is CC[C@H](C1C(=O)OC(C)(C)OC1=O)[C@H](C#N)C(N)=S. The number of nitriles is 1. The van der Waals surface area contributed by atoms with Gasteiger partial charge in [-0.1, -0.05) is 25.6 Å². The molecule has 0 spiro atoms. The van der Waals surface area contributed by atoms with Crippen LogP contribution < -0.4 is 5.73 Å². The Morgan fingerprint density at radius 3 is 2.26 bits per heavy atom. The van der Waals surface area contributed by atoms with Crippen LogP contribution in [-0.4, -0.2) is 22.7 Å². The maximum absolute atomic E-state index is 11.9. The van der Waals surface area contributed by atoms with Crippen molar-refractivity contribution in [1.29, 1.82) is 5.26 Å². The quantitative estimate of drug-likeness (QED) is 0.464. The molecule has 104 valence electrons. The molecular formula is C12H16N2O4S. The summed E-state index contributed by atoms with van der Waals surface area (Å²) in [5, 5.41) is 9.08. The number of hydrogen-bond acceptors (Lipinski definition) is 6. The molecule has 0 unspecified atom stereocenters. The summed E-state index contributed by atoms with van der Waals surface area (Å²) in [7, 11) is 0. The fourth-order valence-corrected chi connectivity index (χ4v) is 2.34. The molecule has 7 heteroatoms. The second-order valence-electron chi connectivity index (χ2n) is 4.80. The van der Waals surface area contributed by atoms with Gasteiger partial charge in [0.15, 0.2) is 5.92 Å². The second kappa shape index (κ2) is 5.53. The van der Waals surface area contributed by atoms with Crippen LogP contribution in [0.4, 0.5) is 0 Å². The van der Waals surface area contributed by atoms with Crippen LogP contribution in [0.5, 0.6) is 0 Å². The lowest BCUT2D eigenvalue weighted by atomic mass is 9.79. The fraction of sp³-hybridized carbons (Fsp3) is 0.667. The Balaban J connectivity index is 3.06. The zero-order valence-electron chi connectivity index (χ0n) is 11.0. The van der Waals surface area contributed by atoms with Gasteiger partial charge in [0.1, 0.15) is 5.92 Å². The minimum Gasteiger partial charge on any atom is -0.422 e. The highest BCUT2D eigenvalue weighted by molar-refractivity contribution is 7.80. The van der Waals surface area contributed by atoms with Gasteiger partial charge >= 0.3 is 11.9 Å². The third kappa shape index (κ3) is 3.20. The summed E-state index contributed by atoms with van der Waals surface area (Å²) in [5.74, 6) is -5.36. The Morgan fingerprint density at radius 2 is 1.95 bits per heavy atom. The molecular weight excluding hydrogens is 268 g/mol. The number of thiocarbonyl (C=S) groups is 1. The number of ether oxygens (including phenoxy) is 2. The van der Waals surface area contributed by atoms with Gasteiger partial charge in [0.25, 0.3) is 5.79 Å². The zero-order valence-corrected chi connectivity index (χ0v) is 11.8. The van der Waals surface area contributed by atoms with Gasteiger partial charge in [-0.05, 0) is 0 Å². The van der Waals surface area contributed by atoms with Gasteiger partial charge in [-0.3, -0.25) is 9.59 Å². The van der Waals surface area contributed by atoms with Crippen molar-refractivity contribution >= 4 is 29.1 Å². The van der Waals surface area contributed by atoms with Crippen LogP contribution >= 0.6 is 12.2 Å². The normalized spacial score (nSPS) is 21.8. The summed E-state index contributed by atoms with van der Waals surface area (Å²) in [6.45, 7) is 4.68. The number of rotatable bonds is 4. The standard InChI is InChI=1S/C12H16N2O4S/c1-4-6(7(5-13)9(14)19)8-10(15)17-12(2,3)18-11(8)16/h6-8H,4H2,1-3H3,(H2,14,19)/t6-,7-/m0/s1. The highest BCUT2D eigenvalue weighted by Gasteiger charge is 2.49. The first-order chi connectivity index (χ1) is 8.73. The van der Waals surface area contributed by atoms with Gasteiger partial charge in [-0.25, -0.2) is 0 Å². The first-order valence-corrected chi connectivity index (χ1v) is 6.29. The number of hydrogen-bond donors (Lipinski definition) is 1. The van der Waals surface area contributed by atoms with Crippen molar-refractivity contribution in [2.24, 2.45) is 23.5 Å². The van der Waals surface area contributed by atoms with E-state index in [0.717, 1.165) is 0 Å². The number of nitrogens with two attached hydrogens (primary N) is 1. The summed E-state index contributed by atoms with van der Waals surface area (Å²) in [6.07, 6.45) is 0.380. The van der Waals surface area contributed by atoms with E-state index in [1.54, 1.807) is 6.92 Å². The van der Waals surface area contributed by atoms with Crippen molar-refractivity contribution in [2.75, 3.05) is 0 Å². The number of nitrogens with zero attached hydrogens (tertiary/aromatic N) is 1. The Kier molecular flexibility index (Phi) is 4.48. The van der Waals surface area contributed by atoms with Gasteiger partial charge < -0.3 is 15.2 Å². The van der Waals surface area contributed by atoms with Crippen LogP contribution in [-0.2, 0) is 19.1 Å². The van der Waals surface area contributed by atoms with Crippen molar-refractivity contribution < 1.29 is 19.1 Å². The predicted octanol–water partition coefficient (Wildman–Crippen LogP) is 0.891. The van der Waals surface area contributed by atoms with E-state index < -0.39 is 35.5 Å². The highest BCUT2D eigenvalue weighted by atomic mass is 32.1. The fourth-order valence-electron chi connectivity index (χ4n) is 2.11. The summed E-state index contributed by atoms with van der Waals surface area (Å²) >= 11 is 4.80. The monoisotopic (exact) mass is 284 g/mol. The van der Waals surface area contributed by atoms with Gasteiger partial charge in [0.05, 0.1) is 11.1 Å². The minimum absolute atomic E-state index is 0.0419. The van der Waals surface area contributed by atoms with Crippen molar-refractivity contribution in [3.8, 4) is 6.07 Å². The molecule has 0 aromatic heterocycles. The molecule has 0 aliphatic carbocycles. The summed E-state index contributed by atoms with van der Waals surface area (Å²) < 4.78 is 10.1. The average Bonchev–Trinajstić information content (AvgIpc) is 2.24. The lowest BCUT2D eigenvalue weighted by molar-refractivity contribution is -0.243. The van der Waals surface area contributed by atoms with Crippen LogP contribution in [0.3, 0.4) is 0 Å². The number of carbonyl (C=O) groups is 2. The molecule has 1 heterocycles. The summed E-state index contributed by atoms with van der Waals surface area (Å²) in [5.41, 5.74) is 5.48. The maximum Gasteiger partial charge on any atom is 0.323 e. The van der Waals surface area contributed by atoms with E-state index >= 15 is 0 Å². The van der Waals surface area contributed by atoms with Gasteiger partial charge in [-0.2, -0.15) is 5.26 Å². The number of carbonyl (C=O) groups excluding carboxylic acids is 2. The molecule has 0 bridgehead atoms. The second-order valence-corrected chi connectivity index (χ2v) is 5.27. The first kappa shape index (κ1) is 15.4.